The van der Waals surface area contributed by atoms with Crippen molar-refractivity contribution in [2.24, 2.45) is 0 Å². The van der Waals surface area contributed by atoms with Crippen LogP contribution in [-0.4, -0.2) is 22.8 Å². The number of carbonyl (C=O) groups excluding carboxylic acids is 1. The third-order valence-corrected chi connectivity index (χ3v) is 5.03. The number of ketones is 1. The van der Waals surface area contributed by atoms with Gasteiger partial charge in [0.25, 0.3) is 0 Å². The number of anilines is 1. The molecule has 7 heteroatoms. The highest BCUT2D eigenvalue weighted by molar-refractivity contribution is 7.20. The van der Waals surface area contributed by atoms with Gasteiger partial charge in [0.2, 0.25) is 5.95 Å². The Labute approximate surface area is 141 Å². The van der Waals surface area contributed by atoms with E-state index in [1.807, 2.05) is 12.1 Å². The van der Waals surface area contributed by atoms with Gasteiger partial charge in [0, 0.05) is 18.0 Å². The standard InChI is InChI=1S/C15H11Cl2N3OS/c1-7(21)12-6-9-13(8-3-4-10(16)11(17)5-8)19-15(18-2)20-14(9)22-12/h3-6H,1-2H3,(H,18,19,20). The summed E-state index contributed by atoms with van der Waals surface area (Å²) in [6, 6.07) is 7.15. The monoisotopic (exact) mass is 351 g/mol. The zero-order valence-corrected chi connectivity index (χ0v) is 14.1. The van der Waals surface area contributed by atoms with Crippen molar-refractivity contribution in [1.82, 2.24) is 9.97 Å². The molecule has 2 aromatic heterocycles. The molecule has 3 aromatic rings. The van der Waals surface area contributed by atoms with E-state index in [1.54, 1.807) is 19.2 Å². The number of thiophene rings is 1. The van der Waals surface area contributed by atoms with Crippen LogP contribution in [0.4, 0.5) is 5.95 Å². The second-order valence-corrected chi connectivity index (χ2v) is 6.51. The molecular weight excluding hydrogens is 341 g/mol. The van der Waals surface area contributed by atoms with Crippen molar-refractivity contribution in [1.29, 1.82) is 0 Å². The third kappa shape index (κ3) is 2.67. The van der Waals surface area contributed by atoms with Gasteiger partial charge in [-0.25, -0.2) is 9.97 Å². The first kappa shape index (κ1) is 15.2. The summed E-state index contributed by atoms with van der Waals surface area (Å²) in [6.45, 7) is 1.54. The third-order valence-electron chi connectivity index (χ3n) is 3.16. The van der Waals surface area contributed by atoms with Crippen LogP contribution in [-0.2, 0) is 0 Å². The van der Waals surface area contributed by atoms with E-state index in [4.69, 9.17) is 23.2 Å². The molecule has 0 aliphatic carbocycles. The van der Waals surface area contributed by atoms with E-state index in [0.29, 0.717) is 20.9 Å². The average Bonchev–Trinajstić information content (AvgIpc) is 2.93. The second kappa shape index (κ2) is 5.83. The van der Waals surface area contributed by atoms with Crippen LogP contribution in [0.2, 0.25) is 10.0 Å². The number of aromatic nitrogens is 2. The Kier molecular flexibility index (Phi) is 4.04. The SMILES string of the molecule is CNc1nc(-c2ccc(Cl)c(Cl)c2)c2cc(C(C)=O)sc2n1. The van der Waals surface area contributed by atoms with E-state index in [-0.39, 0.29) is 5.78 Å². The molecule has 3 rings (SSSR count). The summed E-state index contributed by atoms with van der Waals surface area (Å²) in [7, 11) is 1.75. The van der Waals surface area contributed by atoms with Gasteiger partial charge >= 0.3 is 0 Å². The molecule has 0 spiro atoms. The van der Waals surface area contributed by atoms with E-state index in [1.165, 1.54) is 18.3 Å². The van der Waals surface area contributed by atoms with Gasteiger partial charge in [-0.3, -0.25) is 4.79 Å². The van der Waals surface area contributed by atoms with E-state index in [2.05, 4.69) is 15.3 Å². The zero-order valence-electron chi connectivity index (χ0n) is 11.8. The highest BCUT2D eigenvalue weighted by Gasteiger charge is 2.15. The fourth-order valence-corrected chi connectivity index (χ4v) is 3.29. The van der Waals surface area contributed by atoms with E-state index in [9.17, 15) is 4.79 Å². The number of fused-ring (bicyclic) bond motifs is 1. The molecule has 112 valence electrons. The number of rotatable bonds is 3. The maximum absolute atomic E-state index is 11.6. The topological polar surface area (TPSA) is 54.9 Å². The molecule has 0 unspecified atom stereocenters. The van der Waals surface area contributed by atoms with Crippen molar-refractivity contribution in [3.05, 3.63) is 39.2 Å². The van der Waals surface area contributed by atoms with Crippen molar-refractivity contribution >= 4 is 56.5 Å². The van der Waals surface area contributed by atoms with Crippen LogP contribution >= 0.6 is 34.5 Å². The van der Waals surface area contributed by atoms with Gasteiger partial charge in [-0.05, 0) is 25.1 Å². The van der Waals surface area contributed by atoms with Gasteiger partial charge in [-0.2, -0.15) is 0 Å². The van der Waals surface area contributed by atoms with Crippen LogP contribution in [0.3, 0.4) is 0 Å². The lowest BCUT2D eigenvalue weighted by atomic mass is 10.1. The van der Waals surface area contributed by atoms with E-state index < -0.39 is 0 Å². The van der Waals surface area contributed by atoms with Crippen LogP contribution in [0.25, 0.3) is 21.5 Å². The molecule has 0 atom stereocenters. The van der Waals surface area contributed by atoms with Gasteiger partial charge in [0.15, 0.2) is 5.78 Å². The second-order valence-electron chi connectivity index (χ2n) is 4.66. The molecule has 1 N–H and O–H groups in total. The van der Waals surface area contributed by atoms with Gasteiger partial charge in [-0.1, -0.05) is 29.3 Å². The van der Waals surface area contributed by atoms with E-state index >= 15 is 0 Å². The lowest BCUT2D eigenvalue weighted by Crippen LogP contribution is -1.97. The number of nitrogens with one attached hydrogen (secondary N) is 1. The van der Waals surface area contributed by atoms with Gasteiger partial charge < -0.3 is 5.32 Å². The maximum atomic E-state index is 11.6. The molecular formula is C15H11Cl2N3OS. The van der Waals surface area contributed by atoms with Gasteiger partial charge in [-0.15, -0.1) is 11.3 Å². The molecule has 1 aromatic carbocycles. The van der Waals surface area contributed by atoms with Crippen LogP contribution in [0.5, 0.6) is 0 Å². The van der Waals surface area contributed by atoms with Gasteiger partial charge in [0.1, 0.15) is 4.83 Å². The van der Waals surface area contributed by atoms with E-state index in [0.717, 1.165) is 21.5 Å². The van der Waals surface area contributed by atoms with Crippen LogP contribution in [0.15, 0.2) is 24.3 Å². The van der Waals surface area contributed by atoms with Crippen molar-refractivity contribution in [3.63, 3.8) is 0 Å². The number of halogens is 2. The molecule has 0 amide bonds. The highest BCUT2D eigenvalue weighted by atomic mass is 35.5. The van der Waals surface area contributed by atoms with Crippen molar-refractivity contribution in [2.75, 3.05) is 12.4 Å². The van der Waals surface area contributed by atoms with Crippen LogP contribution < -0.4 is 5.32 Å². The summed E-state index contributed by atoms with van der Waals surface area (Å²) >= 11 is 13.4. The highest BCUT2D eigenvalue weighted by Crippen LogP contribution is 2.35. The van der Waals surface area contributed by atoms with Crippen molar-refractivity contribution in [2.45, 2.75) is 6.92 Å². The minimum absolute atomic E-state index is 0.00842. The summed E-state index contributed by atoms with van der Waals surface area (Å²) in [5, 5.41) is 4.70. The first-order valence-corrected chi connectivity index (χ1v) is 8.02. The summed E-state index contributed by atoms with van der Waals surface area (Å²) in [4.78, 5) is 21.9. The molecule has 0 saturated heterocycles. The predicted molar refractivity (Wildman–Crippen MR) is 92.4 cm³/mol. The molecule has 0 bridgehead atoms. The quantitative estimate of drug-likeness (QED) is 0.681. The smallest absolute Gasteiger partial charge is 0.224 e. The molecule has 2 heterocycles. The summed E-state index contributed by atoms with van der Waals surface area (Å²) < 4.78 is 0. The number of Topliss-reactive ketones (excluding diaryl/α,β-unsaturated/α-hetero) is 1. The Morgan fingerprint density at radius 1 is 1.18 bits per heavy atom. The Morgan fingerprint density at radius 2 is 1.95 bits per heavy atom. The Bertz CT molecular complexity index is 892. The largest absolute Gasteiger partial charge is 0.357 e. The summed E-state index contributed by atoms with van der Waals surface area (Å²) in [6.07, 6.45) is 0. The molecule has 0 fully saturated rings. The predicted octanol–water partition coefficient (Wildman–Crippen LogP) is 4.91. The Morgan fingerprint density at radius 3 is 2.59 bits per heavy atom. The normalized spacial score (nSPS) is 10.9. The molecule has 22 heavy (non-hydrogen) atoms. The zero-order chi connectivity index (χ0) is 15.9. The maximum Gasteiger partial charge on any atom is 0.224 e. The summed E-state index contributed by atoms with van der Waals surface area (Å²) in [5.41, 5.74) is 1.54. The molecule has 0 saturated carbocycles. The number of hydrogen-bond acceptors (Lipinski definition) is 5. The van der Waals surface area contributed by atoms with Crippen molar-refractivity contribution < 1.29 is 4.79 Å². The molecule has 0 aliphatic heterocycles. The number of benzene rings is 1. The fourth-order valence-electron chi connectivity index (χ4n) is 2.07. The minimum Gasteiger partial charge on any atom is -0.357 e. The average molecular weight is 352 g/mol. The number of hydrogen-bond donors (Lipinski definition) is 1. The minimum atomic E-state index is 0.00842. The van der Waals surface area contributed by atoms with Crippen LogP contribution in [0, 0.1) is 0 Å². The lowest BCUT2D eigenvalue weighted by Gasteiger charge is -2.06. The Balaban J connectivity index is 2.30. The van der Waals surface area contributed by atoms with Gasteiger partial charge in [0.05, 0.1) is 20.6 Å². The van der Waals surface area contributed by atoms with Crippen molar-refractivity contribution in [3.8, 4) is 11.3 Å². The van der Waals surface area contributed by atoms with Crippen LogP contribution in [0.1, 0.15) is 16.6 Å². The first-order chi connectivity index (χ1) is 10.5. The number of nitrogens with zero attached hydrogens (tertiary/aromatic N) is 2. The first-order valence-electron chi connectivity index (χ1n) is 6.45. The lowest BCUT2D eigenvalue weighted by molar-refractivity contribution is 0.102. The Hall–Kier alpha value is -1.69. The molecule has 0 aliphatic rings. The molecule has 0 radical (unpaired) electrons. The number of carbonyl (C=O) groups is 1. The fraction of sp³-hybridized carbons (Fsp3) is 0.133. The summed E-state index contributed by atoms with van der Waals surface area (Å²) in [5.74, 6) is 0.500. The molecule has 4 nitrogen and oxygen atoms in total.